The molecule has 2 aromatic rings. The molecule has 2 aliphatic rings. The fourth-order valence-electron chi connectivity index (χ4n) is 3.88. The van der Waals surface area contributed by atoms with Crippen molar-refractivity contribution in [1.82, 2.24) is 24.6 Å². The van der Waals surface area contributed by atoms with E-state index in [1.54, 1.807) is 17.8 Å². The van der Waals surface area contributed by atoms with Gasteiger partial charge in [0.1, 0.15) is 11.0 Å². The third-order valence-corrected chi connectivity index (χ3v) is 5.64. The van der Waals surface area contributed by atoms with E-state index < -0.39 is 6.10 Å². The highest BCUT2D eigenvalue weighted by atomic mass is 35.5. The molecule has 2 aliphatic heterocycles. The topological polar surface area (TPSA) is 70.3 Å². The lowest BCUT2D eigenvalue weighted by Crippen LogP contribution is -2.60. The summed E-state index contributed by atoms with van der Waals surface area (Å²) < 4.78 is 1.70. The number of anilines is 1. The molecule has 1 spiro atoms. The number of hydrogen-bond acceptors (Lipinski definition) is 6. The van der Waals surface area contributed by atoms with E-state index in [0.29, 0.717) is 22.9 Å². The number of aliphatic hydroxyl groups is 1. The molecule has 8 heteroatoms. The van der Waals surface area contributed by atoms with Crippen molar-refractivity contribution < 1.29 is 5.11 Å². The van der Waals surface area contributed by atoms with Crippen LogP contribution in [0.15, 0.2) is 18.5 Å². The number of hydrogen-bond donors (Lipinski definition) is 1. The second kappa shape index (κ2) is 6.79. The summed E-state index contributed by atoms with van der Waals surface area (Å²) in [6, 6.07) is 1.84. The van der Waals surface area contributed by atoms with Crippen molar-refractivity contribution >= 4 is 17.4 Å². The number of rotatable bonds is 4. The molecular weight excluding hydrogens is 352 g/mol. The lowest BCUT2D eigenvalue weighted by molar-refractivity contribution is 0.0900. The average Bonchev–Trinajstić information content (AvgIpc) is 3.01. The van der Waals surface area contributed by atoms with Gasteiger partial charge in [0, 0.05) is 30.8 Å². The van der Waals surface area contributed by atoms with Crippen molar-refractivity contribution in [3.63, 3.8) is 0 Å². The van der Waals surface area contributed by atoms with Crippen LogP contribution in [0.2, 0.25) is 5.15 Å². The molecule has 4 rings (SSSR count). The monoisotopic (exact) mass is 376 g/mol. The average molecular weight is 377 g/mol. The van der Waals surface area contributed by atoms with Gasteiger partial charge in [-0.05, 0) is 39.9 Å². The van der Waals surface area contributed by atoms with Gasteiger partial charge in [0.2, 0.25) is 0 Å². The van der Waals surface area contributed by atoms with E-state index in [4.69, 9.17) is 16.6 Å². The minimum absolute atomic E-state index is 0.437. The molecule has 0 amide bonds. The number of aliphatic hydroxyl groups excluding tert-OH is 1. The molecule has 0 aliphatic carbocycles. The zero-order valence-corrected chi connectivity index (χ0v) is 16.0. The Kier molecular flexibility index (Phi) is 4.62. The van der Waals surface area contributed by atoms with Crippen LogP contribution in [0.4, 0.5) is 5.82 Å². The van der Waals surface area contributed by atoms with Gasteiger partial charge in [0.25, 0.3) is 0 Å². The van der Waals surface area contributed by atoms with Crippen molar-refractivity contribution in [3.05, 3.63) is 23.6 Å². The lowest BCUT2D eigenvalue weighted by Gasteiger charge is -2.54. The highest BCUT2D eigenvalue weighted by molar-refractivity contribution is 6.29. The van der Waals surface area contributed by atoms with Crippen molar-refractivity contribution in [1.29, 1.82) is 0 Å². The zero-order chi connectivity index (χ0) is 18.3. The molecule has 26 heavy (non-hydrogen) atoms. The predicted molar refractivity (Wildman–Crippen MR) is 101 cm³/mol. The summed E-state index contributed by atoms with van der Waals surface area (Å²) in [5, 5.41) is 14.2. The summed E-state index contributed by atoms with van der Waals surface area (Å²) in [6.07, 6.45) is 5.60. The van der Waals surface area contributed by atoms with E-state index in [0.717, 1.165) is 24.5 Å². The fraction of sp³-hybridized carbons (Fsp3) is 0.611. The van der Waals surface area contributed by atoms with Gasteiger partial charge in [-0.15, -0.1) is 0 Å². The zero-order valence-electron chi connectivity index (χ0n) is 15.3. The van der Waals surface area contributed by atoms with E-state index in [1.807, 2.05) is 12.3 Å². The third kappa shape index (κ3) is 3.56. The van der Waals surface area contributed by atoms with Crippen molar-refractivity contribution in [3.8, 4) is 11.4 Å². The summed E-state index contributed by atoms with van der Waals surface area (Å²) >= 11 is 6.26. The minimum atomic E-state index is -0.453. The molecule has 1 unspecified atom stereocenters. The van der Waals surface area contributed by atoms with E-state index in [-0.39, 0.29) is 0 Å². The maximum Gasteiger partial charge on any atom is 0.166 e. The molecule has 2 aromatic heterocycles. The second-order valence-corrected chi connectivity index (χ2v) is 8.22. The van der Waals surface area contributed by atoms with Crippen LogP contribution in [0.25, 0.3) is 11.4 Å². The first-order valence-corrected chi connectivity index (χ1v) is 9.49. The number of piperidine rings is 1. The van der Waals surface area contributed by atoms with Crippen LogP contribution in [-0.2, 0) is 6.54 Å². The molecule has 2 fully saturated rings. The van der Waals surface area contributed by atoms with Gasteiger partial charge in [-0.2, -0.15) is 5.10 Å². The van der Waals surface area contributed by atoms with Crippen LogP contribution in [-0.4, -0.2) is 69.1 Å². The first-order chi connectivity index (χ1) is 12.4. The van der Waals surface area contributed by atoms with Gasteiger partial charge >= 0.3 is 0 Å². The molecule has 0 bridgehead atoms. The van der Waals surface area contributed by atoms with E-state index >= 15 is 0 Å². The number of nitrogens with zero attached hydrogens (tertiary/aromatic N) is 6. The highest BCUT2D eigenvalue weighted by Crippen LogP contribution is 2.42. The quantitative estimate of drug-likeness (QED) is 0.822. The number of halogens is 1. The maximum absolute atomic E-state index is 9.50. The maximum atomic E-state index is 9.50. The Balaban J connectivity index is 1.50. The normalized spacial score (nSPS) is 21.0. The van der Waals surface area contributed by atoms with Gasteiger partial charge in [0.05, 0.1) is 24.4 Å². The molecule has 140 valence electrons. The summed E-state index contributed by atoms with van der Waals surface area (Å²) in [5.74, 6) is 1.46. The second-order valence-electron chi connectivity index (χ2n) is 7.83. The van der Waals surface area contributed by atoms with Crippen LogP contribution >= 0.6 is 11.6 Å². The first-order valence-electron chi connectivity index (χ1n) is 9.11. The van der Waals surface area contributed by atoms with Crippen LogP contribution in [0.3, 0.4) is 0 Å². The van der Waals surface area contributed by atoms with E-state index in [9.17, 15) is 5.11 Å². The van der Waals surface area contributed by atoms with Gasteiger partial charge in [-0.25, -0.2) is 9.97 Å². The Labute approximate surface area is 158 Å². The smallest absolute Gasteiger partial charge is 0.166 e. The van der Waals surface area contributed by atoms with E-state index in [1.165, 1.54) is 25.9 Å². The molecule has 0 saturated carbocycles. The molecule has 1 N–H and O–H groups in total. The SMILES string of the molecule is CC(O)Cn1cc(-c2nc(Cl)cc(N3CC4(CCN(C)CC4)C3)n2)cn1. The van der Waals surface area contributed by atoms with Crippen LogP contribution in [0.5, 0.6) is 0 Å². The molecular formula is C18H25ClN6O. The molecule has 0 radical (unpaired) electrons. The first kappa shape index (κ1) is 17.7. The largest absolute Gasteiger partial charge is 0.391 e. The van der Waals surface area contributed by atoms with Gasteiger partial charge in [-0.1, -0.05) is 11.6 Å². The third-order valence-electron chi connectivity index (χ3n) is 5.45. The molecule has 7 nitrogen and oxygen atoms in total. The Bertz CT molecular complexity index is 776. The van der Waals surface area contributed by atoms with Crippen molar-refractivity contribution in [2.75, 3.05) is 38.1 Å². The van der Waals surface area contributed by atoms with Crippen LogP contribution in [0, 0.1) is 5.41 Å². The highest BCUT2D eigenvalue weighted by Gasteiger charge is 2.45. The summed E-state index contributed by atoms with van der Waals surface area (Å²) in [7, 11) is 2.19. The Morgan fingerprint density at radius 2 is 2.00 bits per heavy atom. The standard InChI is InChI=1S/C18H25ClN6O/c1-13(26)9-25-10-14(8-20-25)17-21-15(19)7-16(22-17)24-11-18(12-24)3-5-23(2)6-4-18/h7-8,10,13,26H,3-6,9,11-12H2,1-2H3. The van der Waals surface area contributed by atoms with Gasteiger partial charge in [-0.3, -0.25) is 4.68 Å². The van der Waals surface area contributed by atoms with Gasteiger partial charge < -0.3 is 14.9 Å². The Morgan fingerprint density at radius 3 is 2.69 bits per heavy atom. The predicted octanol–water partition coefficient (Wildman–Crippen LogP) is 1.91. The molecule has 2 saturated heterocycles. The number of aromatic nitrogens is 4. The van der Waals surface area contributed by atoms with Gasteiger partial charge in [0.15, 0.2) is 5.82 Å². The van der Waals surface area contributed by atoms with E-state index in [2.05, 4.69) is 26.9 Å². The van der Waals surface area contributed by atoms with Crippen LogP contribution in [0.1, 0.15) is 19.8 Å². The summed E-state index contributed by atoms with van der Waals surface area (Å²) in [6.45, 7) is 6.59. The Morgan fingerprint density at radius 1 is 1.27 bits per heavy atom. The minimum Gasteiger partial charge on any atom is -0.391 e. The lowest BCUT2D eigenvalue weighted by atomic mass is 9.72. The summed E-state index contributed by atoms with van der Waals surface area (Å²) in [4.78, 5) is 13.8. The summed E-state index contributed by atoms with van der Waals surface area (Å²) in [5.41, 5.74) is 1.25. The Hall–Kier alpha value is -1.70. The van der Waals surface area contributed by atoms with Crippen LogP contribution < -0.4 is 4.90 Å². The van der Waals surface area contributed by atoms with Crippen molar-refractivity contribution in [2.45, 2.75) is 32.4 Å². The fourth-order valence-corrected chi connectivity index (χ4v) is 4.06. The van der Waals surface area contributed by atoms with Crippen molar-refractivity contribution in [2.24, 2.45) is 5.41 Å². The number of likely N-dealkylation sites (tertiary alicyclic amines) is 1. The molecule has 1 atom stereocenters. The molecule has 4 heterocycles. The molecule has 0 aromatic carbocycles.